The van der Waals surface area contributed by atoms with Gasteiger partial charge in [-0.25, -0.2) is 4.39 Å². The number of rotatable bonds is 5. The summed E-state index contributed by atoms with van der Waals surface area (Å²) in [5.41, 5.74) is 1.57. The topological polar surface area (TPSA) is 67.8 Å². The molecule has 2 aromatic carbocycles. The van der Waals surface area contributed by atoms with Crippen molar-refractivity contribution in [3.8, 4) is 11.5 Å². The highest BCUT2D eigenvalue weighted by atomic mass is 35.5. The Bertz CT molecular complexity index is 940. The number of benzene rings is 2. The Labute approximate surface area is 176 Å². The minimum atomic E-state index is -0.998. The Morgan fingerprint density at radius 2 is 2.07 bits per heavy atom. The number of nitrogens with one attached hydrogen (secondary N) is 1. The molecule has 0 bridgehead atoms. The lowest BCUT2D eigenvalue weighted by atomic mass is 10.0. The van der Waals surface area contributed by atoms with Crippen LogP contribution in [-0.2, 0) is 4.79 Å². The van der Waals surface area contributed by atoms with E-state index < -0.39 is 22.3 Å². The first kappa shape index (κ1) is 20.7. The fraction of sp³-hybridized carbons (Fsp3) is 0.263. The van der Waals surface area contributed by atoms with Gasteiger partial charge in [0.25, 0.3) is 0 Å². The molecule has 2 unspecified atom stereocenters. The average Bonchev–Trinajstić information content (AvgIpc) is 2.78. The first-order valence-electron chi connectivity index (χ1n) is 8.23. The summed E-state index contributed by atoms with van der Waals surface area (Å²) in [5.74, 6) is -0.879. The van der Waals surface area contributed by atoms with E-state index >= 15 is 4.39 Å². The predicted molar refractivity (Wildman–Crippen MR) is 113 cm³/mol. The maximum Gasteiger partial charge on any atom is 0.304 e. The second-order valence-electron chi connectivity index (χ2n) is 6.02. The zero-order valence-electron chi connectivity index (χ0n) is 15.0. The second-order valence-corrected chi connectivity index (χ2v) is 8.21. The van der Waals surface area contributed by atoms with Crippen molar-refractivity contribution >= 4 is 52.2 Å². The number of thioether (sulfide) groups is 1. The Hall–Kier alpha value is -2.03. The smallest absolute Gasteiger partial charge is 0.304 e. The van der Waals surface area contributed by atoms with E-state index in [0.717, 1.165) is 0 Å². The molecule has 0 aromatic heterocycles. The van der Waals surface area contributed by atoms with Crippen LogP contribution in [0.1, 0.15) is 22.8 Å². The molecule has 0 amide bonds. The summed E-state index contributed by atoms with van der Waals surface area (Å²) in [6, 6.07) is 7.92. The summed E-state index contributed by atoms with van der Waals surface area (Å²) in [6.45, 7) is 0. The summed E-state index contributed by atoms with van der Waals surface area (Å²) < 4.78 is 25.8. The second kappa shape index (κ2) is 8.55. The SMILES string of the molecule is COc1ccc(F)c(C2SC(CC(=O)O)C(=S)Nc3ccc(Cl)cc32)c1OC. The highest BCUT2D eigenvalue weighted by Crippen LogP contribution is 2.51. The zero-order valence-corrected chi connectivity index (χ0v) is 17.4. The van der Waals surface area contributed by atoms with Crippen LogP contribution in [0.3, 0.4) is 0 Å². The molecule has 2 aromatic rings. The molecule has 0 saturated heterocycles. The number of hydrogen-bond donors (Lipinski definition) is 2. The number of anilines is 1. The molecule has 0 saturated carbocycles. The van der Waals surface area contributed by atoms with E-state index in [-0.39, 0.29) is 17.7 Å². The zero-order chi connectivity index (χ0) is 20.4. The predicted octanol–water partition coefficient (Wildman–Crippen LogP) is 4.92. The highest BCUT2D eigenvalue weighted by molar-refractivity contribution is 8.02. The fourth-order valence-corrected chi connectivity index (χ4v) is 5.06. The quantitative estimate of drug-likeness (QED) is 0.638. The Morgan fingerprint density at radius 1 is 1.32 bits per heavy atom. The van der Waals surface area contributed by atoms with Crippen molar-refractivity contribution in [1.82, 2.24) is 0 Å². The van der Waals surface area contributed by atoms with E-state index in [9.17, 15) is 9.90 Å². The van der Waals surface area contributed by atoms with Gasteiger partial charge in [-0.05, 0) is 35.9 Å². The molecule has 1 heterocycles. The Balaban J connectivity index is 2.23. The van der Waals surface area contributed by atoms with Gasteiger partial charge in [0.05, 0.1) is 41.7 Å². The number of carboxylic acids is 1. The number of hydrogen-bond acceptors (Lipinski definition) is 5. The molecule has 0 radical (unpaired) electrons. The first-order chi connectivity index (χ1) is 13.3. The van der Waals surface area contributed by atoms with E-state index in [4.69, 9.17) is 33.3 Å². The standard InChI is InChI=1S/C19H17ClFNO4S2/c1-25-13-6-4-11(21)16(17(13)26-2)18-10-7-9(20)3-5-12(10)22-19(27)14(28-18)8-15(23)24/h3-7,14,18H,8H2,1-2H3,(H,22,27)(H,23,24). The van der Waals surface area contributed by atoms with Crippen molar-refractivity contribution in [3.05, 3.63) is 52.3 Å². The van der Waals surface area contributed by atoms with Crippen LogP contribution >= 0.6 is 35.6 Å². The maximum atomic E-state index is 15.0. The minimum Gasteiger partial charge on any atom is -0.493 e. The molecule has 9 heteroatoms. The number of methoxy groups -OCH3 is 2. The number of ether oxygens (including phenoxy) is 2. The van der Waals surface area contributed by atoms with Crippen LogP contribution < -0.4 is 14.8 Å². The number of carbonyl (C=O) groups is 1. The summed E-state index contributed by atoms with van der Waals surface area (Å²) in [6.07, 6.45) is -0.206. The average molecular weight is 442 g/mol. The van der Waals surface area contributed by atoms with Gasteiger partial charge in [-0.3, -0.25) is 4.79 Å². The maximum absolute atomic E-state index is 15.0. The molecule has 3 rings (SSSR count). The van der Waals surface area contributed by atoms with E-state index in [1.54, 1.807) is 18.2 Å². The van der Waals surface area contributed by atoms with Gasteiger partial charge in [0.2, 0.25) is 0 Å². The number of thiocarbonyl (C=S) groups is 1. The van der Waals surface area contributed by atoms with Crippen molar-refractivity contribution in [2.45, 2.75) is 16.9 Å². The van der Waals surface area contributed by atoms with Gasteiger partial charge in [0.15, 0.2) is 11.5 Å². The summed E-state index contributed by atoms with van der Waals surface area (Å²) in [7, 11) is 2.90. The number of aliphatic carboxylic acids is 1. The molecule has 1 aliphatic rings. The van der Waals surface area contributed by atoms with Crippen molar-refractivity contribution in [1.29, 1.82) is 0 Å². The third-order valence-electron chi connectivity index (χ3n) is 4.30. The van der Waals surface area contributed by atoms with Crippen LogP contribution in [0.15, 0.2) is 30.3 Å². The third-order valence-corrected chi connectivity index (χ3v) is 6.56. The van der Waals surface area contributed by atoms with Crippen LogP contribution in [0.4, 0.5) is 10.1 Å². The molecule has 0 spiro atoms. The molecule has 0 aliphatic carbocycles. The van der Waals surface area contributed by atoms with E-state index in [2.05, 4.69) is 5.32 Å². The minimum absolute atomic E-state index is 0.206. The van der Waals surface area contributed by atoms with E-state index in [0.29, 0.717) is 27.0 Å². The van der Waals surface area contributed by atoms with Gasteiger partial charge in [-0.15, -0.1) is 11.8 Å². The van der Waals surface area contributed by atoms with Gasteiger partial charge in [0, 0.05) is 10.7 Å². The molecule has 1 aliphatic heterocycles. The summed E-state index contributed by atoms with van der Waals surface area (Å²) >= 11 is 12.8. The summed E-state index contributed by atoms with van der Waals surface area (Å²) in [5, 5.41) is 11.7. The Kier molecular flexibility index (Phi) is 6.32. The number of fused-ring (bicyclic) bond motifs is 1. The lowest BCUT2D eigenvalue weighted by Gasteiger charge is -2.23. The van der Waals surface area contributed by atoms with Crippen LogP contribution in [0.25, 0.3) is 0 Å². The van der Waals surface area contributed by atoms with Gasteiger partial charge in [-0.1, -0.05) is 23.8 Å². The molecule has 2 N–H and O–H groups in total. The molecular weight excluding hydrogens is 425 g/mol. The van der Waals surface area contributed by atoms with E-state index in [1.165, 1.54) is 38.1 Å². The molecule has 148 valence electrons. The summed E-state index contributed by atoms with van der Waals surface area (Å²) in [4.78, 5) is 11.7. The molecule has 0 fully saturated rings. The fourth-order valence-electron chi connectivity index (χ4n) is 3.07. The van der Waals surface area contributed by atoms with E-state index in [1.807, 2.05) is 0 Å². The number of halogens is 2. The molecule has 5 nitrogen and oxygen atoms in total. The molecule has 2 atom stereocenters. The van der Waals surface area contributed by atoms with Gasteiger partial charge in [-0.2, -0.15) is 0 Å². The van der Waals surface area contributed by atoms with Gasteiger partial charge >= 0.3 is 5.97 Å². The van der Waals surface area contributed by atoms with Gasteiger partial charge < -0.3 is 19.9 Å². The highest BCUT2D eigenvalue weighted by Gasteiger charge is 2.35. The van der Waals surface area contributed by atoms with Crippen molar-refractivity contribution < 1.29 is 23.8 Å². The number of carboxylic acid groups (broad SMARTS) is 1. The largest absolute Gasteiger partial charge is 0.493 e. The van der Waals surface area contributed by atoms with Crippen molar-refractivity contribution in [2.75, 3.05) is 19.5 Å². The monoisotopic (exact) mass is 441 g/mol. The molecule has 28 heavy (non-hydrogen) atoms. The van der Waals surface area contributed by atoms with Crippen LogP contribution in [-0.4, -0.2) is 35.5 Å². The lowest BCUT2D eigenvalue weighted by Crippen LogP contribution is -2.24. The van der Waals surface area contributed by atoms with Crippen LogP contribution in [0.2, 0.25) is 5.02 Å². The Morgan fingerprint density at radius 3 is 2.71 bits per heavy atom. The van der Waals surface area contributed by atoms with Crippen LogP contribution in [0, 0.1) is 5.82 Å². The molecular formula is C19H17ClFNO4S2. The van der Waals surface area contributed by atoms with Crippen molar-refractivity contribution in [3.63, 3.8) is 0 Å². The van der Waals surface area contributed by atoms with Crippen molar-refractivity contribution in [2.24, 2.45) is 0 Å². The normalized spacial score (nSPS) is 18.6. The lowest BCUT2D eigenvalue weighted by molar-refractivity contribution is -0.136. The first-order valence-corrected chi connectivity index (χ1v) is 9.96. The van der Waals surface area contributed by atoms with Crippen LogP contribution in [0.5, 0.6) is 11.5 Å². The van der Waals surface area contributed by atoms with Gasteiger partial charge in [0.1, 0.15) is 5.82 Å². The third kappa shape index (κ3) is 4.04.